The van der Waals surface area contributed by atoms with Crippen LogP contribution in [0, 0.1) is 3.57 Å². The summed E-state index contributed by atoms with van der Waals surface area (Å²) in [5, 5.41) is 2.35. The van der Waals surface area contributed by atoms with Gasteiger partial charge in [-0.15, -0.1) is 0 Å². The molecule has 0 saturated heterocycles. The number of halogens is 1. The highest BCUT2D eigenvalue weighted by molar-refractivity contribution is 14.1. The largest absolute Gasteiger partial charge is 0.493 e. The van der Waals surface area contributed by atoms with E-state index < -0.39 is 0 Å². The van der Waals surface area contributed by atoms with Gasteiger partial charge in [0.15, 0.2) is 11.5 Å². The van der Waals surface area contributed by atoms with Crippen LogP contribution >= 0.6 is 22.6 Å². The zero-order valence-electron chi connectivity index (χ0n) is 14.7. The van der Waals surface area contributed by atoms with Crippen molar-refractivity contribution < 1.29 is 14.3 Å². The summed E-state index contributed by atoms with van der Waals surface area (Å²) in [6, 6.07) is 18.1. The molecule has 0 aliphatic carbocycles. The maximum atomic E-state index is 11.3. The third-order valence-corrected chi connectivity index (χ3v) is 4.87. The van der Waals surface area contributed by atoms with Gasteiger partial charge in [0.25, 0.3) is 5.91 Å². The van der Waals surface area contributed by atoms with Crippen molar-refractivity contribution in [2.24, 2.45) is 5.84 Å². The molecule has 0 saturated carbocycles. The normalized spacial score (nSPS) is 10.9. The molecule has 3 rings (SSSR count). The van der Waals surface area contributed by atoms with Gasteiger partial charge in [0.05, 0.1) is 10.7 Å². The first-order valence-electron chi connectivity index (χ1n) is 8.28. The van der Waals surface area contributed by atoms with E-state index in [0.29, 0.717) is 18.1 Å². The van der Waals surface area contributed by atoms with Gasteiger partial charge in [0.2, 0.25) is 0 Å². The van der Waals surface area contributed by atoms with Gasteiger partial charge >= 0.3 is 0 Å². The highest BCUT2D eigenvalue weighted by Gasteiger charge is 2.12. The van der Waals surface area contributed by atoms with Crippen LogP contribution in [0.5, 0.6) is 11.5 Å². The SMILES string of the molecule is COc1cc(/C=C/C(=O)NN)cc(I)c1OCc1cccc2ccccc12. The summed E-state index contributed by atoms with van der Waals surface area (Å²) in [4.78, 5) is 11.3. The summed E-state index contributed by atoms with van der Waals surface area (Å²) in [6.45, 7) is 0.429. The highest BCUT2D eigenvalue weighted by atomic mass is 127. The molecular weight excluding hydrogens is 455 g/mol. The Morgan fingerprint density at radius 1 is 1.19 bits per heavy atom. The number of ether oxygens (including phenoxy) is 2. The number of hydrogen-bond donors (Lipinski definition) is 2. The van der Waals surface area contributed by atoms with Gasteiger partial charge < -0.3 is 9.47 Å². The van der Waals surface area contributed by atoms with Crippen molar-refractivity contribution >= 4 is 45.3 Å². The van der Waals surface area contributed by atoms with Crippen molar-refractivity contribution in [3.05, 3.63) is 75.4 Å². The number of carbonyl (C=O) groups is 1. The lowest BCUT2D eigenvalue weighted by atomic mass is 10.1. The van der Waals surface area contributed by atoms with Crippen LogP contribution in [0.1, 0.15) is 11.1 Å². The number of nitrogens with one attached hydrogen (secondary N) is 1. The molecule has 0 bridgehead atoms. The summed E-state index contributed by atoms with van der Waals surface area (Å²) < 4.78 is 12.5. The summed E-state index contributed by atoms with van der Waals surface area (Å²) in [6.07, 6.45) is 3.03. The van der Waals surface area contributed by atoms with Crippen molar-refractivity contribution in [1.82, 2.24) is 5.43 Å². The third kappa shape index (κ3) is 4.58. The lowest BCUT2D eigenvalue weighted by molar-refractivity contribution is -0.116. The Labute approximate surface area is 171 Å². The molecule has 1 amide bonds. The number of hydrogen-bond acceptors (Lipinski definition) is 4. The van der Waals surface area contributed by atoms with E-state index in [-0.39, 0.29) is 5.91 Å². The maximum Gasteiger partial charge on any atom is 0.257 e. The first kappa shape index (κ1) is 19.2. The molecule has 0 spiro atoms. The number of rotatable bonds is 6. The minimum atomic E-state index is -0.375. The Hall–Kier alpha value is -2.58. The van der Waals surface area contributed by atoms with Crippen LogP contribution in [0.4, 0.5) is 0 Å². The van der Waals surface area contributed by atoms with Crippen molar-refractivity contribution in [3.8, 4) is 11.5 Å². The Morgan fingerprint density at radius 2 is 1.96 bits per heavy atom. The molecular formula is C21H19IN2O3. The number of methoxy groups -OCH3 is 1. The predicted octanol–water partition coefficient (Wildman–Crippen LogP) is 4.04. The molecule has 0 unspecified atom stereocenters. The first-order chi connectivity index (χ1) is 13.1. The van der Waals surface area contributed by atoms with E-state index in [1.807, 2.05) is 30.3 Å². The molecule has 0 aliphatic heterocycles. The van der Waals surface area contributed by atoms with E-state index in [1.54, 1.807) is 13.2 Å². The molecule has 0 atom stereocenters. The molecule has 0 fully saturated rings. The summed E-state index contributed by atoms with van der Waals surface area (Å²) in [7, 11) is 1.59. The lowest BCUT2D eigenvalue weighted by Crippen LogP contribution is -2.27. The van der Waals surface area contributed by atoms with Crippen LogP contribution in [0.2, 0.25) is 0 Å². The second-order valence-electron chi connectivity index (χ2n) is 5.80. The summed E-state index contributed by atoms with van der Waals surface area (Å²) in [5.74, 6) is 5.99. The van der Waals surface area contributed by atoms with Crippen LogP contribution < -0.4 is 20.7 Å². The fourth-order valence-electron chi connectivity index (χ4n) is 2.76. The molecule has 3 aromatic carbocycles. The molecule has 3 N–H and O–H groups in total. The van der Waals surface area contributed by atoms with Crippen LogP contribution in [0.3, 0.4) is 0 Å². The lowest BCUT2D eigenvalue weighted by Gasteiger charge is -2.14. The minimum Gasteiger partial charge on any atom is -0.493 e. The minimum absolute atomic E-state index is 0.375. The number of nitrogens with two attached hydrogens (primary N) is 1. The molecule has 6 heteroatoms. The van der Waals surface area contributed by atoms with Gasteiger partial charge in [0, 0.05) is 6.08 Å². The van der Waals surface area contributed by atoms with Crippen molar-refractivity contribution in [1.29, 1.82) is 0 Å². The second kappa shape index (κ2) is 8.88. The van der Waals surface area contributed by atoms with Crippen molar-refractivity contribution in [3.63, 3.8) is 0 Å². The van der Waals surface area contributed by atoms with Gasteiger partial charge in [-0.25, -0.2) is 5.84 Å². The quantitative estimate of drug-likeness (QED) is 0.186. The number of benzene rings is 3. The number of carbonyl (C=O) groups excluding carboxylic acids is 1. The van der Waals surface area contributed by atoms with E-state index in [4.69, 9.17) is 15.3 Å². The van der Waals surface area contributed by atoms with E-state index in [9.17, 15) is 4.79 Å². The molecule has 3 aromatic rings. The predicted molar refractivity (Wildman–Crippen MR) is 115 cm³/mol. The molecule has 138 valence electrons. The van der Waals surface area contributed by atoms with E-state index in [1.165, 1.54) is 16.8 Å². The molecule has 5 nitrogen and oxygen atoms in total. The number of fused-ring (bicyclic) bond motifs is 1. The Balaban J connectivity index is 1.86. The van der Waals surface area contributed by atoms with Crippen LogP contribution in [0.25, 0.3) is 16.8 Å². The Bertz CT molecular complexity index is 997. The van der Waals surface area contributed by atoms with E-state index in [2.05, 4.69) is 52.3 Å². The molecule has 0 radical (unpaired) electrons. The maximum absolute atomic E-state index is 11.3. The number of amides is 1. The number of hydrazine groups is 1. The van der Waals surface area contributed by atoms with Gasteiger partial charge in [-0.2, -0.15) is 0 Å². The van der Waals surface area contributed by atoms with E-state index in [0.717, 1.165) is 14.7 Å². The second-order valence-corrected chi connectivity index (χ2v) is 6.97. The molecule has 0 aliphatic rings. The van der Waals surface area contributed by atoms with Gasteiger partial charge in [0.1, 0.15) is 6.61 Å². The highest BCUT2D eigenvalue weighted by Crippen LogP contribution is 2.35. The Kier molecular flexibility index (Phi) is 6.31. The van der Waals surface area contributed by atoms with Crippen LogP contribution in [-0.4, -0.2) is 13.0 Å². The monoisotopic (exact) mass is 474 g/mol. The summed E-state index contributed by atoms with van der Waals surface area (Å²) >= 11 is 2.20. The third-order valence-electron chi connectivity index (χ3n) is 4.07. The Morgan fingerprint density at radius 3 is 2.74 bits per heavy atom. The topological polar surface area (TPSA) is 73.6 Å². The summed E-state index contributed by atoms with van der Waals surface area (Å²) in [5.41, 5.74) is 3.98. The fourth-order valence-corrected chi connectivity index (χ4v) is 3.55. The zero-order chi connectivity index (χ0) is 19.2. The van der Waals surface area contributed by atoms with Crippen LogP contribution in [-0.2, 0) is 11.4 Å². The first-order valence-corrected chi connectivity index (χ1v) is 9.36. The van der Waals surface area contributed by atoms with Crippen LogP contribution in [0.15, 0.2) is 60.7 Å². The van der Waals surface area contributed by atoms with Crippen molar-refractivity contribution in [2.75, 3.05) is 7.11 Å². The fraction of sp³-hybridized carbons (Fsp3) is 0.0952. The van der Waals surface area contributed by atoms with Crippen molar-refractivity contribution in [2.45, 2.75) is 6.61 Å². The average molecular weight is 474 g/mol. The van der Waals surface area contributed by atoms with E-state index >= 15 is 0 Å². The average Bonchev–Trinajstić information content (AvgIpc) is 2.70. The standard InChI is InChI=1S/C21H19IN2O3/c1-26-19-12-14(9-10-20(25)24-23)11-18(22)21(19)27-13-16-7-4-6-15-5-2-3-8-17(15)16/h2-12H,13,23H2,1H3,(H,24,25)/b10-9+. The molecule has 0 aromatic heterocycles. The molecule has 0 heterocycles. The van der Waals surface area contributed by atoms with Gasteiger partial charge in [-0.3, -0.25) is 10.2 Å². The smallest absolute Gasteiger partial charge is 0.257 e. The zero-order valence-corrected chi connectivity index (χ0v) is 16.9. The van der Waals surface area contributed by atoms with Gasteiger partial charge in [-0.1, -0.05) is 42.5 Å². The molecule has 27 heavy (non-hydrogen) atoms. The van der Waals surface area contributed by atoms with Gasteiger partial charge in [-0.05, 0) is 62.7 Å².